The molecule has 2 rings (SSSR count). The van der Waals surface area contributed by atoms with E-state index < -0.39 is 0 Å². The van der Waals surface area contributed by atoms with Gasteiger partial charge in [-0.3, -0.25) is 4.99 Å². The van der Waals surface area contributed by atoms with Crippen LogP contribution in [0.15, 0.2) is 53.5 Å². The molecule has 134 valence electrons. The van der Waals surface area contributed by atoms with Crippen molar-refractivity contribution in [3.05, 3.63) is 71.0 Å². The molecule has 0 bridgehead atoms. The molecule has 0 unspecified atom stereocenters. The summed E-state index contributed by atoms with van der Waals surface area (Å²) in [5.41, 5.74) is 2.48. The lowest BCUT2D eigenvalue weighted by molar-refractivity contribution is 0.0600. The van der Waals surface area contributed by atoms with Crippen LogP contribution in [0.5, 0.6) is 0 Å². The number of halogens is 2. The summed E-state index contributed by atoms with van der Waals surface area (Å²) in [6.07, 6.45) is 0. The van der Waals surface area contributed by atoms with Gasteiger partial charge in [0, 0.05) is 20.1 Å². The largest absolute Gasteiger partial charge is 0.465 e. The number of hydrogen-bond donors (Lipinski definition) is 2. The molecule has 0 atom stereocenters. The van der Waals surface area contributed by atoms with Crippen LogP contribution in [0.1, 0.15) is 21.5 Å². The second-order valence-corrected chi connectivity index (χ2v) is 5.09. The molecular formula is C18H21FIN3O2. The number of hydrogen-bond acceptors (Lipinski definition) is 3. The summed E-state index contributed by atoms with van der Waals surface area (Å²) in [5.74, 6) is 0.0271. The van der Waals surface area contributed by atoms with Crippen LogP contribution >= 0.6 is 24.0 Å². The predicted octanol–water partition coefficient (Wildman–Crippen LogP) is 3.10. The Morgan fingerprint density at radius 2 is 1.48 bits per heavy atom. The van der Waals surface area contributed by atoms with Crippen LogP contribution in [0.25, 0.3) is 0 Å². The molecule has 0 spiro atoms. The number of aliphatic imine (C=N–C) groups is 1. The Bertz CT molecular complexity index is 703. The van der Waals surface area contributed by atoms with E-state index in [9.17, 15) is 9.18 Å². The summed E-state index contributed by atoms with van der Waals surface area (Å²) in [7, 11) is 3.04. The Hall–Kier alpha value is -2.16. The van der Waals surface area contributed by atoms with Crippen LogP contribution in [-0.2, 0) is 17.8 Å². The predicted molar refractivity (Wildman–Crippen MR) is 107 cm³/mol. The van der Waals surface area contributed by atoms with Crippen LogP contribution in [0.3, 0.4) is 0 Å². The van der Waals surface area contributed by atoms with Gasteiger partial charge in [0.2, 0.25) is 0 Å². The lowest BCUT2D eigenvalue weighted by Gasteiger charge is -2.12. The van der Waals surface area contributed by atoms with E-state index in [-0.39, 0.29) is 35.8 Å². The van der Waals surface area contributed by atoms with Crippen LogP contribution in [0.4, 0.5) is 4.39 Å². The highest BCUT2D eigenvalue weighted by Crippen LogP contribution is 2.06. The van der Waals surface area contributed by atoms with Crippen molar-refractivity contribution >= 4 is 35.9 Å². The molecule has 0 fully saturated rings. The van der Waals surface area contributed by atoms with Gasteiger partial charge in [-0.1, -0.05) is 24.3 Å². The molecule has 0 radical (unpaired) electrons. The zero-order chi connectivity index (χ0) is 17.4. The third-order valence-corrected chi connectivity index (χ3v) is 3.43. The first kappa shape index (κ1) is 20.9. The molecule has 2 N–H and O–H groups in total. The molecule has 5 nitrogen and oxygen atoms in total. The van der Waals surface area contributed by atoms with Crippen molar-refractivity contribution in [2.75, 3.05) is 14.2 Å². The Labute approximate surface area is 163 Å². The summed E-state index contributed by atoms with van der Waals surface area (Å²) in [6.45, 7) is 1.10. The molecule has 0 aromatic heterocycles. The van der Waals surface area contributed by atoms with Crippen molar-refractivity contribution in [1.82, 2.24) is 10.6 Å². The highest BCUT2D eigenvalue weighted by atomic mass is 127. The van der Waals surface area contributed by atoms with Gasteiger partial charge in [0.15, 0.2) is 5.96 Å². The van der Waals surface area contributed by atoms with Crippen molar-refractivity contribution in [3.63, 3.8) is 0 Å². The minimum Gasteiger partial charge on any atom is -0.465 e. The topological polar surface area (TPSA) is 62.7 Å². The second kappa shape index (κ2) is 10.7. The molecular weight excluding hydrogens is 436 g/mol. The highest BCUT2D eigenvalue weighted by molar-refractivity contribution is 14.0. The van der Waals surface area contributed by atoms with Crippen LogP contribution < -0.4 is 10.6 Å². The maximum Gasteiger partial charge on any atom is 0.337 e. The first-order valence-corrected chi connectivity index (χ1v) is 7.48. The Kier molecular flexibility index (Phi) is 8.90. The van der Waals surface area contributed by atoms with Gasteiger partial charge in [-0.05, 0) is 35.4 Å². The SMILES string of the molecule is CN=C(NCc1ccc(F)cc1)NCc1ccc(C(=O)OC)cc1.I. The molecule has 0 heterocycles. The van der Waals surface area contributed by atoms with Gasteiger partial charge < -0.3 is 15.4 Å². The van der Waals surface area contributed by atoms with Crippen LogP contribution in [-0.4, -0.2) is 26.1 Å². The van der Waals surface area contributed by atoms with Crippen molar-refractivity contribution in [1.29, 1.82) is 0 Å². The summed E-state index contributed by atoms with van der Waals surface area (Å²) in [6, 6.07) is 13.4. The Balaban J connectivity index is 0.00000312. The molecule has 7 heteroatoms. The summed E-state index contributed by atoms with van der Waals surface area (Å²) < 4.78 is 17.5. The summed E-state index contributed by atoms with van der Waals surface area (Å²) in [4.78, 5) is 15.5. The van der Waals surface area contributed by atoms with Gasteiger partial charge >= 0.3 is 5.97 Å². The number of nitrogens with zero attached hydrogens (tertiary/aromatic N) is 1. The van der Waals surface area contributed by atoms with Gasteiger partial charge in [-0.2, -0.15) is 0 Å². The van der Waals surface area contributed by atoms with Gasteiger partial charge in [-0.25, -0.2) is 9.18 Å². The maximum atomic E-state index is 12.9. The van der Waals surface area contributed by atoms with E-state index in [1.54, 1.807) is 31.3 Å². The molecule has 2 aromatic carbocycles. The molecule has 0 saturated heterocycles. The van der Waals surface area contributed by atoms with Crippen molar-refractivity contribution < 1.29 is 13.9 Å². The Morgan fingerprint density at radius 3 is 1.92 bits per heavy atom. The zero-order valence-corrected chi connectivity index (χ0v) is 16.4. The van der Waals surface area contributed by atoms with Crippen molar-refractivity contribution in [2.45, 2.75) is 13.1 Å². The number of methoxy groups -OCH3 is 1. The first-order chi connectivity index (χ1) is 11.6. The Morgan fingerprint density at radius 1 is 1.00 bits per heavy atom. The molecule has 0 aliphatic heterocycles. The lowest BCUT2D eigenvalue weighted by Crippen LogP contribution is -2.36. The highest BCUT2D eigenvalue weighted by Gasteiger charge is 2.05. The number of benzene rings is 2. The minimum atomic E-state index is -0.355. The van der Waals surface area contributed by atoms with Gasteiger partial charge in [0.05, 0.1) is 12.7 Å². The average Bonchev–Trinajstić information content (AvgIpc) is 2.63. The fraction of sp³-hybridized carbons (Fsp3) is 0.222. The number of rotatable bonds is 5. The van der Waals surface area contributed by atoms with Crippen molar-refractivity contribution in [3.8, 4) is 0 Å². The number of guanidine groups is 1. The van der Waals surface area contributed by atoms with Gasteiger partial charge in [-0.15, -0.1) is 24.0 Å². The quantitative estimate of drug-likeness (QED) is 0.314. The van der Waals surface area contributed by atoms with Gasteiger partial charge in [0.25, 0.3) is 0 Å². The number of carbonyl (C=O) groups excluding carboxylic acids is 1. The van der Waals surface area contributed by atoms with E-state index >= 15 is 0 Å². The second-order valence-electron chi connectivity index (χ2n) is 5.09. The van der Waals surface area contributed by atoms with Gasteiger partial charge in [0.1, 0.15) is 5.82 Å². The molecule has 25 heavy (non-hydrogen) atoms. The number of ether oxygens (including phenoxy) is 1. The minimum absolute atomic E-state index is 0. The molecule has 0 amide bonds. The van der Waals surface area contributed by atoms with E-state index in [1.165, 1.54) is 19.2 Å². The van der Waals surface area contributed by atoms with Crippen LogP contribution in [0, 0.1) is 5.82 Å². The van der Waals surface area contributed by atoms with E-state index in [4.69, 9.17) is 0 Å². The molecule has 0 aliphatic rings. The van der Waals surface area contributed by atoms with E-state index in [0.29, 0.717) is 24.6 Å². The number of nitrogens with one attached hydrogen (secondary N) is 2. The lowest BCUT2D eigenvalue weighted by atomic mass is 10.1. The molecule has 2 aromatic rings. The molecule has 0 aliphatic carbocycles. The van der Waals surface area contributed by atoms with E-state index in [1.807, 2.05) is 12.1 Å². The normalized spacial score (nSPS) is 10.6. The monoisotopic (exact) mass is 457 g/mol. The van der Waals surface area contributed by atoms with E-state index in [2.05, 4.69) is 20.4 Å². The van der Waals surface area contributed by atoms with Crippen LogP contribution in [0.2, 0.25) is 0 Å². The standard InChI is InChI=1S/C18H20FN3O2.HI/c1-20-18(22-12-14-5-9-16(19)10-6-14)21-11-13-3-7-15(8-4-13)17(23)24-2;/h3-10H,11-12H2,1-2H3,(H2,20,21,22);1H. The zero-order valence-electron chi connectivity index (χ0n) is 14.1. The average molecular weight is 457 g/mol. The third kappa shape index (κ3) is 6.69. The smallest absolute Gasteiger partial charge is 0.337 e. The van der Waals surface area contributed by atoms with E-state index in [0.717, 1.165) is 11.1 Å². The summed E-state index contributed by atoms with van der Waals surface area (Å²) in [5, 5.41) is 6.34. The fourth-order valence-electron chi connectivity index (χ4n) is 2.07. The number of carbonyl (C=O) groups is 1. The molecule has 0 saturated carbocycles. The fourth-order valence-corrected chi connectivity index (χ4v) is 2.07. The number of esters is 1. The third-order valence-electron chi connectivity index (χ3n) is 3.43. The van der Waals surface area contributed by atoms with Crippen molar-refractivity contribution in [2.24, 2.45) is 4.99 Å². The maximum absolute atomic E-state index is 12.9. The summed E-state index contributed by atoms with van der Waals surface area (Å²) >= 11 is 0. The first-order valence-electron chi connectivity index (χ1n) is 7.48.